The molecule has 0 aliphatic carbocycles. The zero-order valence-corrected chi connectivity index (χ0v) is 10.5. The molecule has 0 bridgehead atoms. The fourth-order valence-corrected chi connectivity index (χ4v) is 2.39. The monoisotopic (exact) mass is 275 g/mol. The molecule has 0 aliphatic heterocycles. The molecule has 1 atom stereocenters. The summed E-state index contributed by atoms with van der Waals surface area (Å²) < 4.78 is 37.4. The highest BCUT2D eigenvalue weighted by molar-refractivity contribution is 8.00. The Bertz CT molecular complexity index is 454. The zero-order valence-electron chi connectivity index (χ0n) is 9.66. The number of benzene rings is 1. The SMILES string of the molecule is CC(CCO)Sc1ccc(C(F)(F)F)cc1C#N. The maximum absolute atomic E-state index is 12.5. The number of rotatable bonds is 4. The van der Waals surface area contributed by atoms with E-state index in [9.17, 15) is 13.2 Å². The summed E-state index contributed by atoms with van der Waals surface area (Å²) in [6.07, 6.45) is -3.91. The highest BCUT2D eigenvalue weighted by Crippen LogP contribution is 2.34. The number of halogens is 3. The van der Waals surface area contributed by atoms with Crippen LogP contribution in [0.2, 0.25) is 0 Å². The van der Waals surface area contributed by atoms with E-state index in [1.165, 1.54) is 17.8 Å². The first-order chi connectivity index (χ1) is 8.38. The summed E-state index contributed by atoms with van der Waals surface area (Å²) in [6.45, 7) is 1.86. The number of aliphatic hydroxyl groups is 1. The van der Waals surface area contributed by atoms with Crippen LogP contribution in [0, 0.1) is 11.3 Å². The van der Waals surface area contributed by atoms with E-state index in [0.29, 0.717) is 11.3 Å². The molecule has 0 saturated heterocycles. The molecule has 2 nitrogen and oxygen atoms in total. The van der Waals surface area contributed by atoms with Crippen molar-refractivity contribution >= 4 is 11.8 Å². The standard InChI is InChI=1S/C12H12F3NOS/c1-8(4-5-17)18-11-3-2-10(12(13,14)15)6-9(11)7-16/h2-3,6,8,17H,4-5H2,1H3. The summed E-state index contributed by atoms with van der Waals surface area (Å²) in [6, 6.07) is 4.90. The molecule has 1 aromatic rings. The third-order valence-electron chi connectivity index (χ3n) is 2.29. The first-order valence-electron chi connectivity index (χ1n) is 5.27. The van der Waals surface area contributed by atoms with E-state index in [-0.39, 0.29) is 17.4 Å². The molecule has 0 spiro atoms. The van der Waals surface area contributed by atoms with Gasteiger partial charge in [-0.05, 0) is 24.6 Å². The van der Waals surface area contributed by atoms with Crippen LogP contribution < -0.4 is 0 Å². The fraction of sp³-hybridized carbons (Fsp3) is 0.417. The van der Waals surface area contributed by atoms with E-state index in [0.717, 1.165) is 12.1 Å². The summed E-state index contributed by atoms with van der Waals surface area (Å²) in [5.74, 6) is 0. The van der Waals surface area contributed by atoms with Crippen molar-refractivity contribution in [3.8, 4) is 6.07 Å². The smallest absolute Gasteiger partial charge is 0.396 e. The van der Waals surface area contributed by atoms with Crippen molar-refractivity contribution in [1.82, 2.24) is 0 Å². The van der Waals surface area contributed by atoms with Crippen molar-refractivity contribution in [3.63, 3.8) is 0 Å². The van der Waals surface area contributed by atoms with Crippen LogP contribution in [-0.2, 0) is 6.18 Å². The molecule has 0 amide bonds. The minimum absolute atomic E-state index is 0.0106. The van der Waals surface area contributed by atoms with Gasteiger partial charge in [0.05, 0.1) is 11.1 Å². The zero-order chi connectivity index (χ0) is 13.8. The number of hydrogen-bond acceptors (Lipinski definition) is 3. The van der Waals surface area contributed by atoms with E-state index in [1.54, 1.807) is 6.07 Å². The minimum Gasteiger partial charge on any atom is -0.396 e. The van der Waals surface area contributed by atoms with Gasteiger partial charge in [-0.25, -0.2) is 0 Å². The van der Waals surface area contributed by atoms with Gasteiger partial charge in [-0.2, -0.15) is 18.4 Å². The first-order valence-corrected chi connectivity index (χ1v) is 6.15. The van der Waals surface area contributed by atoms with Crippen LogP contribution in [0.1, 0.15) is 24.5 Å². The maximum Gasteiger partial charge on any atom is 0.416 e. The quantitative estimate of drug-likeness (QED) is 0.856. The number of hydrogen-bond donors (Lipinski definition) is 1. The van der Waals surface area contributed by atoms with E-state index in [4.69, 9.17) is 10.4 Å². The van der Waals surface area contributed by atoms with E-state index < -0.39 is 11.7 Å². The molecule has 1 rings (SSSR count). The summed E-state index contributed by atoms with van der Waals surface area (Å²) >= 11 is 1.29. The van der Waals surface area contributed by atoms with Gasteiger partial charge >= 0.3 is 6.18 Å². The van der Waals surface area contributed by atoms with Crippen LogP contribution in [0.25, 0.3) is 0 Å². The van der Waals surface area contributed by atoms with E-state index in [2.05, 4.69) is 0 Å². The molecule has 0 saturated carbocycles. The topological polar surface area (TPSA) is 44.0 Å². The second-order valence-electron chi connectivity index (χ2n) is 3.76. The highest BCUT2D eigenvalue weighted by atomic mass is 32.2. The second-order valence-corrected chi connectivity index (χ2v) is 5.24. The molecule has 0 fully saturated rings. The predicted octanol–water partition coefficient (Wildman–Crippen LogP) is 3.44. The third kappa shape index (κ3) is 3.93. The highest BCUT2D eigenvalue weighted by Gasteiger charge is 2.31. The summed E-state index contributed by atoms with van der Waals surface area (Å²) in [5.41, 5.74) is -0.808. The van der Waals surface area contributed by atoms with Gasteiger partial charge in [0, 0.05) is 16.8 Å². The van der Waals surface area contributed by atoms with Crippen LogP contribution in [0.5, 0.6) is 0 Å². The fourth-order valence-electron chi connectivity index (χ4n) is 1.35. The van der Waals surface area contributed by atoms with Crippen molar-refractivity contribution < 1.29 is 18.3 Å². The molecule has 1 unspecified atom stereocenters. The molecule has 1 aromatic carbocycles. The van der Waals surface area contributed by atoms with Gasteiger partial charge in [-0.3, -0.25) is 0 Å². The van der Waals surface area contributed by atoms with E-state index in [1.807, 2.05) is 6.92 Å². The molecule has 98 valence electrons. The number of nitriles is 1. The van der Waals surface area contributed by atoms with Crippen molar-refractivity contribution in [1.29, 1.82) is 5.26 Å². The maximum atomic E-state index is 12.5. The lowest BCUT2D eigenvalue weighted by atomic mass is 10.1. The Labute approximate surface area is 107 Å². The molecule has 0 aliphatic rings. The van der Waals surface area contributed by atoms with Gasteiger partial charge in [0.15, 0.2) is 0 Å². The Morgan fingerprint density at radius 3 is 2.61 bits per heavy atom. The molecular formula is C12H12F3NOS. The van der Waals surface area contributed by atoms with E-state index >= 15 is 0 Å². The van der Waals surface area contributed by atoms with Crippen LogP contribution in [0.15, 0.2) is 23.1 Å². The van der Waals surface area contributed by atoms with Crippen LogP contribution >= 0.6 is 11.8 Å². The van der Waals surface area contributed by atoms with Crippen molar-refractivity contribution in [2.24, 2.45) is 0 Å². The number of thioether (sulfide) groups is 1. The van der Waals surface area contributed by atoms with Gasteiger partial charge < -0.3 is 5.11 Å². The third-order valence-corrected chi connectivity index (χ3v) is 3.54. The van der Waals surface area contributed by atoms with Crippen LogP contribution in [0.4, 0.5) is 13.2 Å². The Hall–Kier alpha value is -1.19. The number of nitrogens with zero attached hydrogens (tertiary/aromatic N) is 1. The molecular weight excluding hydrogens is 263 g/mol. The van der Waals surface area contributed by atoms with Gasteiger partial charge in [0.25, 0.3) is 0 Å². The van der Waals surface area contributed by atoms with Gasteiger partial charge in [0.1, 0.15) is 6.07 Å². The largest absolute Gasteiger partial charge is 0.416 e. The summed E-state index contributed by atoms with van der Waals surface area (Å²) in [4.78, 5) is 0.506. The molecule has 0 radical (unpaired) electrons. The normalized spacial score (nSPS) is 13.1. The Balaban J connectivity index is 2.98. The molecule has 1 N–H and O–H groups in total. The predicted molar refractivity (Wildman–Crippen MR) is 63.2 cm³/mol. The lowest BCUT2D eigenvalue weighted by Gasteiger charge is -2.12. The number of alkyl halides is 3. The first kappa shape index (κ1) is 14.9. The van der Waals surface area contributed by atoms with Crippen LogP contribution in [0.3, 0.4) is 0 Å². The second kappa shape index (κ2) is 6.12. The molecule has 0 aromatic heterocycles. The Morgan fingerprint density at radius 2 is 2.11 bits per heavy atom. The van der Waals surface area contributed by atoms with Crippen molar-refractivity contribution in [3.05, 3.63) is 29.3 Å². The van der Waals surface area contributed by atoms with Crippen molar-refractivity contribution in [2.75, 3.05) is 6.61 Å². The summed E-state index contributed by atoms with van der Waals surface area (Å²) in [7, 11) is 0. The summed E-state index contributed by atoms with van der Waals surface area (Å²) in [5, 5.41) is 17.7. The van der Waals surface area contributed by atoms with Gasteiger partial charge in [-0.1, -0.05) is 6.92 Å². The molecule has 18 heavy (non-hydrogen) atoms. The molecule has 0 heterocycles. The lowest BCUT2D eigenvalue weighted by Crippen LogP contribution is -2.06. The van der Waals surface area contributed by atoms with Crippen molar-refractivity contribution in [2.45, 2.75) is 29.7 Å². The average Bonchev–Trinajstić information content (AvgIpc) is 2.28. The Kier molecular flexibility index (Phi) is 5.05. The minimum atomic E-state index is -4.44. The lowest BCUT2D eigenvalue weighted by molar-refractivity contribution is -0.137. The van der Waals surface area contributed by atoms with Gasteiger partial charge in [-0.15, -0.1) is 11.8 Å². The van der Waals surface area contributed by atoms with Crippen LogP contribution in [-0.4, -0.2) is 17.0 Å². The Morgan fingerprint density at radius 1 is 1.44 bits per heavy atom. The molecule has 6 heteroatoms. The number of aliphatic hydroxyl groups excluding tert-OH is 1. The van der Waals surface area contributed by atoms with Gasteiger partial charge in [0.2, 0.25) is 0 Å². The average molecular weight is 275 g/mol.